The van der Waals surface area contributed by atoms with Crippen molar-refractivity contribution < 1.29 is 4.74 Å². The molecule has 2 saturated heterocycles. The molecule has 1 saturated carbocycles. The van der Waals surface area contributed by atoms with Crippen LogP contribution in [0.2, 0.25) is 0 Å². The lowest BCUT2D eigenvalue weighted by Crippen LogP contribution is -2.29. The van der Waals surface area contributed by atoms with Crippen molar-refractivity contribution in [2.75, 3.05) is 26.3 Å². The van der Waals surface area contributed by atoms with Crippen molar-refractivity contribution >= 4 is 0 Å². The van der Waals surface area contributed by atoms with E-state index in [9.17, 15) is 0 Å². The van der Waals surface area contributed by atoms with E-state index in [1.165, 1.54) is 19.3 Å². The first-order chi connectivity index (χ1) is 12.4. The van der Waals surface area contributed by atoms with E-state index in [-0.39, 0.29) is 0 Å². The first-order valence-corrected chi connectivity index (χ1v) is 9.51. The number of hydrogen-bond donors (Lipinski definition) is 1. The minimum atomic E-state index is 0.424. The third kappa shape index (κ3) is 2.77. The molecular formula is C19H25N5O. The fraction of sp³-hybridized carbons (Fsp3) is 0.632. The van der Waals surface area contributed by atoms with Gasteiger partial charge >= 0.3 is 0 Å². The third-order valence-electron chi connectivity index (χ3n) is 6.23. The maximum atomic E-state index is 5.51. The average molecular weight is 339 g/mol. The predicted molar refractivity (Wildman–Crippen MR) is 93.8 cm³/mol. The van der Waals surface area contributed by atoms with E-state index in [2.05, 4.69) is 21.0 Å². The van der Waals surface area contributed by atoms with Crippen LogP contribution in [0.3, 0.4) is 0 Å². The molecule has 0 bridgehead atoms. The van der Waals surface area contributed by atoms with Crippen LogP contribution in [0.5, 0.6) is 0 Å². The summed E-state index contributed by atoms with van der Waals surface area (Å²) < 4.78 is 7.58. The molecule has 0 unspecified atom stereocenters. The van der Waals surface area contributed by atoms with Crippen LogP contribution in [-0.2, 0) is 4.74 Å². The second-order valence-corrected chi connectivity index (χ2v) is 7.71. The minimum Gasteiger partial charge on any atom is -0.381 e. The first-order valence-electron chi connectivity index (χ1n) is 9.51. The van der Waals surface area contributed by atoms with Gasteiger partial charge in [-0.05, 0) is 62.7 Å². The second-order valence-electron chi connectivity index (χ2n) is 7.71. The molecule has 1 aliphatic carbocycles. The van der Waals surface area contributed by atoms with Crippen LogP contribution in [-0.4, -0.2) is 46.1 Å². The van der Waals surface area contributed by atoms with Gasteiger partial charge in [-0.2, -0.15) is 5.10 Å². The van der Waals surface area contributed by atoms with E-state index >= 15 is 0 Å². The number of rotatable bonds is 3. The zero-order valence-corrected chi connectivity index (χ0v) is 14.5. The van der Waals surface area contributed by atoms with Crippen LogP contribution in [0.4, 0.5) is 0 Å². The van der Waals surface area contributed by atoms with Crippen molar-refractivity contribution in [3.8, 4) is 5.69 Å². The summed E-state index contributed by atoms with van der Waals surface area (Å²) in [7, 11) is 0. The fourth-order valence-corrected chi connectivity index (χ4v) is 4.55. The minimum absolute atomic E-state index is 0.424. The lowest BCUT2D eigenvalue weighted by Gasteiger charge is -2.23. The Labute approximate surface area is 148 Å². The van der Waals surface area contributed by atoms with Crippen LogP contribution in [0.1, 0.15) is 55.6 Å². The molecule has 132 valence electrons. The van der Waals surface area contributed by atoms with Gasteiger partial charge in [0.15, 0.2) is 5.82 Å². The molecule has 1 spiro atoms. The molecule has 2 aromatic rings. The first kappa shape index (κ1) is 15.5. The standard InChI is InChI=1S/C19H25N5O/c1-2-15(13-21-7-1)24-18(16-12-19(16)5-8-20-9-6-19)22-17(23-24)14-3-10-25-11-4-14/h1-2,7,13-14,16,20H,3-6,8-12H2/t16-/m0/s1. The number of hydrogen-bond acceptors (Lipinski definition) is 5. The van der Waals surface area contributed by atoms with Gasteiger partial charge in [0.05, 0.1) is 11.9 Å². The van der Waals surface area contributed by atoms with Crippen molar-refractivity contribution in [2.45, 2.75) is 43.9 Å². The van der Waals surface area contributed by atoms with Gasteiger partial charge in [0.25, 0.3) is 0 Å². The Morgan fingerprint density at radius 3 is 2.80 bits per heavy atom. The summed E-state index contributed by atoms with van der Waals surface area (Å²) in [6, 6.07) is 4.05. The highest BCUT2D eigenvalue weighted by Crippen LogP contribution is 2.64. The normalized spacial score (nSPS) is 26.0. The molecule has 6 heteroatoms. The highest BCUT2D eigenvalue weighted by Gasteiger charge is 2.57. The van der Waals surface area contributed by atoms with Crippen LogP contribution >= 0.6 is 0 Å². The molecule has 0 amide bonds. The number of aromatic nitrogens is 4. The molecule has 5 rings (SSSR count). The molecule has 0 radical (unpaired) electrons. The Balaban J connectivity index is 1.51. The van der Waals surface area contributed by atoms with Gasteiger partial charge in [-0.1, -0.05) is 0 Å². The fourth-order valence-electron chi connectivity index (χ4n) is 4.55. The summed E-state index contributed by atoms with van der Waals surface area (Å²) in [6.07, 6.45) is 9.51. The summed E-state index contributed by atoms with van der Waals surface area (Å²) in [5.74, 6) is 3.11. The van der Waals surface area contributed by atoms with Gasteiger partial charge in [-0.25, -0.2) is 9.67 Å². The Morgan fingerprint density at radius 1 is 1.20 bits per heavy atom. The highest BCUT2D eigenvalue weighted by atomic mass is 16.5. The SMILES string of the molecule is c1cncc(-n2nc(C3CCOCC3)nc2[C@@H]2CC23CCNCC3)c1. The van der Waals surface area contributed by atoms with Crippen molar-refractivity contribution in [3.63, 3.8) is 0 Å². The van der Waals surface area contributed by atoms with Crippen molar-refractivity contribution in [1.29, 1.82) is 0 Å². The van der Waals surface area contributed by atoms with Crippen molar-refractivity contribution in [2.24, 2.45) is 5.41 Å². The van der Waals surface area contributed by atoms with Gasteiger partial charge in [0.1, 0.15) is 5.82 Å². The third-order valence-corrected chi connectivity index (χ3v) is 6.23. The number of nitrogens with zero attached hydrogens (tertiary/aromatic N) is 4. The maximum Gasteiger partial charge on any atom is 0.154 e. The molecule has 3 aliphatic rings. The Bertz CT molecular complexity index is 732. The van der Waals surface area contributed by atoms with Crippen molar-refractivity contribution in [1.82, 2.24) is 25.1 Å². The van der Waals surface area contributed by atoms with Gasteiger partial charge < -0.3 is 10.1 Å². The predicted octanol–water partition coefficient (Wildman–Crippen LogP) is 2.41. The lowest BCUT2D eigenvalue weighted by atomic mass is 9.91. The van der Waals surface area contributed by atoms with Gasteiger partial charge in [0, 0.05) is 31.2 Å². The van der Waals surface area contributed by atoms with Crippen LogP contribution < -0.4 is 5.32 Å². The number of pyridine rings is 1. The van der Waals surface area contributed by atoms with Crippen LogP contribution in [0, 0.1) is 5.41 Å². The van der Waals surface area contributed by atoms with E-state index < -0.39 is 0 Å². The average Bonchev–Trinajstić information content (AvgIpc) is 3.17. The van der Waals surface area contributed by atoms with Gasteiger partial charge in [-0.3, -0.25) is 4.98 Å². The smallest absolute Gasteiger partial charge is 0.154 e. The maximum absolute atomic E-state index is 5.51. The summed E-state index contributed by atoms with van der Waals surface area (Å²) in [4.78, 5) is 9.36. The van der Waals surface area contributed by atoms with Crippen LogP contribution in [0.25, 0.3) is 5.69 Å². The Hall–Kier alpha value is -1.79. The molecule has 1 atom stereocenters. The topological polar surface area (TPSA) is 64.9 Å². The summed E-state index contributed by atoms with van der Waals surface area (Å²) in [6.45, 7) is 3.90. The molecule has 0 aromatic carbocycles. The van der Waals surface area contributed by atoms with Gasteiger partial charge in [0.2, 0.25) is 0 Å². The Morgan fingerprint density at radius 2 is 2.04 bits per heavy atom. The molecular weight excluding hydrogens is 314 g/mol. The highest BCUT2D eigenvalue weighted by molar-refractivity contribution is 5.32. The largest absolute Gasteiger partial charge is 0.381 e. The lowest BCUT2D eigenvalue weighted by molar-refractivity contribution is 0.0836. The molecule has 3 fully saturated rings. The van der Waals surface area contributed by atoms with E-state index in [4.69, 9.17) is 14.8 Å². The van der Waals surface area contributed by atoms with E-state index in [1.807, 2.05) is 18.5 Å². The zero-order chi connectivity index (χ0) is 16.7. The summed E-state index contributed by atoms with van der Waals surface area (Å²) >= 11 is 0. The molecule has 25 heavy (non-hydrogen) atoms. The summed E-state index contributed by atoms with van der Waals surface area (Å²) in [5.41, 5.74) is 1.48. The molecule has 2 aromatic heterocycles. The Kier molecular flexibility index (Phi) is 3.82. The number of piperidine rings is 1. The number of nitrogens with one attached hydrogen (secondary N) is 1. The quantitative estimate of drug-likeness (QED) is 0.930. The second kappa shape index (κ2) is 6.18. The van der Waals surface area contributed by atoms with Crippen molar-refractivity contribution in [3.05, 3.63) is 36.2 Å². The molecule has 6 nitrogen and oxygen atoms in total. The molecule has 2 aliphatic heterocycles. The molecule has 4 heterocycles. The molecule has 1 N–H and O–H groups in total. The zero-order valence-electron chi connectivity index (χ0n) is 14.5. The monoisotopic (exact) mass is 339 g/mol. The van der Waals surface area contributed by atoms with E-state index in [0.717, 1.165) is 56.5 Å². The van der Waals surface area contributed by atoms with E-state index in [0.29, 0.717) is 17.3 Å². The van der Waals surface area contributed by atoms with Gasteiger partial charge in [-0.15, -0.1) is 0 Å². The van der Waals surface area contributed by atoms with E-state index in [1.54, 1.807) is 0 Å². The number of ether oxygens (including phenoxy) is 1. The summed E-state index contributed by atoms with van der Waals surface area (Å²) in [5, 5.41) is 8.43. The van der Waals surface area contributed by atoms with Crippen LogP contribution in [0.15, 0.2) is 24.5 Å².